The average Bonchev–Trinajstić information content (AvgIpc) is 3.49. The van der Waals surface area contributed by atoms with Crippen LogP contribution in [0.4, 0.5) is 10.2 Å². The first-order valence-corrected chi connectivity index (χ1v) is 14.1. The van der Waals surface area contributed by atoms with Crippen LogP contribution in [-0.2, 0) is 19.1 Å². The Morgan fingerprint density at radius 1 is 1.23 bits per heavy atom. The van der Waals surface area contributed by atoms with E-state index in [1.165, 1.54) is 0 Å². The van der Waals surface area contributed by atoms with Crippen molar-refractivity contribution in [2.75, 3.05) is 17.7 Å². The van der Waals surface area contributed by atoms with Crippen LogP contribution in [0.5, 0.6) is 0 Å². The van der Waals surface area contributed by atoms with Crippen molar-refractivity contribution in [3.8, 4) is 0 Å². The number of halogens is 2. The number of aromatic nitrogens is 5. The van der Waals surface area contributed by atoms with Crippen LogP contribution < -0.4 is 5.32 Å². The Balaban J connectivity index is 1.63. The quantitative estimate of drug-likeness (QED) is 0.169. The minimum atomic E-state index is -5.99. The largest absolute Gasteiger partial charge is 0.391 e. The molecule has 4 rings (SSSR count). The lowest BCUT2D eigenvalue weighted by Gasteiger charge is -2.25. The van der Waals surface area contributed by atoms with Crippen LogP contribution in [0.1, 0.15) is 31.9 Å². The first-order chi connectivity index (χ1) is 16.3. The van der Waals surface area contributed by atoms with Gasteiger partial charge in [-0.15, -0.1) is 5.10 Å². The first-order valence-electron chi connectivity index (χ1n) is 10.4. The van der Waals surface area contributed by atoms with E-state index in [1.807, 2.05) is 0 Å². The van der Waals surface area contributed by atoms with E-state index in [2.05, 4.69) is 25.6 Å². The highest BCUT2D eigenvalue weighted by Gasteiger charge is 2.60. The Hall–Kier alpha value is -1.56. The maximum absolute atomic E-state index is 14.7. The van der Waals surface area contributed by atoms with Gasteiger partial charge in [0.25, 0.3) is 0 Å². The smallest absolute Gasteiger partial charge is 0.380 e. The molecule has 0 bridgehead atoms. The maximum atomic E-state index is 14.7. The van der Waals surface area contributed by atoms with Crippen molar-refractivity contribution in [2.45, 2.75) is 61.0 Å². The molecule has 2 aromatic heterocycles. The summed E-state index contributed by atoms with van der Waals surface area (Å²) in [5.74, 6) is -1.20. The minimum Gasteiger partial charge on any atom is -0.391 e. The Kier molecular flexibility index (Phi) is 7.11. The summed E-state index contributed by atoms with van der Waals surface area (Å²) >= 11 is 6.03. The highest BCUT2D eigenvalue weighted by molar-refractivity contribution is 7.99. The van der Waals surface area contributed by atoms with Gasteiger partial charge in [-0.1, -0.05) is 18.1 Å². The lowest BCUT2D eigenvalue weighted by atomic mass is 10.1. The summed E-state index contributed by atoms with van der Waals surface area (Å²) in [6.45, 7) is -2.03. The zero-order chi connectivity index (χ0) is 25.8. The van der Waals surface area contributed by atoms with E-state index >= 15 is 0 Å². The van der Waals surface area contributed by atoms with Gasteiger partial charge >= 0.3 is 12.3 Å². The number of anilines is 1. The van der Waals surface area contributed by atoms with E-state index in [4.69, 9.17) is 31.2 Å². The normalized spacial score (nSPS) is 28.0. The highest BCUT2D eigenvalue weighted by Crippen LogP contribution is 2.55. The fourth-order valence-electron chi connectivity index (χ4n) is 4.12. The Labute approximate surface area is 202 Å². The first kappa shape index (κ1) is 26.5. The highest BCUT2D eigenvalue weighted by atomic mass is 35.5. The number of ether oxygens (including phenoxy) is 1. The number of alkyl halides is 1. The van der Waals surface area contributed by atoms with E-state index in [1.54, 1.807) is 0 Å². The minimum absolute atomic E-state index is 0.0179. The zero-order valence-corrected chi connectivity index (χ0v) is 20.3. The van der Waals surface area contributed by atoms with Crippen molar-refractivity contribution in [1.82, 2.24) is 25.0 Å². The molecule has 2 aliphatic rings. The van der Waals surface area contributed by atoms with Gasteiger partial charge in [-0.25, -0.2) is 12.8 Å². The maximum Gasteiger partial charge on any atom is 0.380 e. The van der Waals surface area contributed by atoms with Crippen LogP contribution in [0.3, 0.4) is 0 Å². The predicted molar refractivity (Wildman–Crippen MR) is 117 cm³/mol. The molecule has 0 aromatic carbocycles. The number of sulfone groups is 1. The molecule has 2 fully saturated rings. The van der Waals surface area contributed by atoms with Gasteiger partial charge in [0, 0.05) is 6.04 Å². The van der Waals surface area contributed by atoms with Crippen LogP contribution in [0, 0.1) is 0 Å². The van der Waals surface area contributed by atoms with E-state index in [-0.39, 0.29) is 28.3 Å². The van der Waals surface area contributed by atoms with Crippen molar-refractivity contribution in [3.63, 3.8) is 0 Å². The number of hydrogen-bond acceptors (Lipinski definition) is 12. The molecule has 6 N–H and O–H groups in total. The van der Waals surface area contributed by atoms with Crippen LogP contribution in [0.25, 0.3) is 11.2 Å². The molecule has 1 aliphatic heterocycles. The number of aliphatic hydroxyl groups excluding tert-OH is 3. The Bertz CT molecular complexity index is 1260. The Morgan fingerprint density at radius 2 is 1.89 bits per heavy atom. The van der Waals surface area contributed by atoms with Crippen molar-refractivity contribution in [2.24, 2.45) is 0 Å². The predicted octanol–water partition coefficient (Wildman–Crippen LogP) is -0.944. The molecule has 35 heavy (non-hydrogen) atoms. The second kappa shape index (κ2) is 9.39. The summed E-state index contributed by atoms with van der Waals surface area (Å²) in [6, 6.07) is 0.126. The molecule has 1 saturated heterocycles. The van der Waals surface area contributed by atoms with Crippen molar-refractivity contribution < 1.29 is 47.2 Å². The van der Waals surface area contributed by atoms with E-state index < -0.39 is 59.1 Å². The molecule has 0 spiro atoms. The summed E-state index contributed by atoms with van der Waals surface area (Å²) < 4.78 is 52.9. The summed E-state index contributed by atoms with van der Waals surface area (Å²) in [7, 11) is -11.4. The molecule has 1 aliphatic carbocycles. The second-order valence-corrected chi connectivity index (χ2v) is 13.0. The van der Waals surface area contributed by atoms with Crippen molar-refractivity contribution >= 4 is 46.0 Å². The number of fused-ring (bicyclic) bond motifs is 1. The van der Waals surface area contributed by atoms with E-state index in [0.717, 1.165) is 30.4 Å². The SMILES string of the molecule is O=P(O)(O)C(F)(CO)S(=O)(=O)C[C@H]1O[C@@H](n2nnc3c(NC4CCCC4)nc(Cl)nc32)[C@H](O)[C@@H]1O. The van der Waals surface area contributed by atoms with Gasteiger partial charge in [0.2, 0.25) is 15.1 Å². The van der Waals surface area contributed by atoms with Crippen LogP contribution in [0.2, 0.25) is 5.28 Å². The Morgan fingerprint density at radius 3 is 2.49 bits per heavy atom. The topological polar surface area (TPSA) is 230 Å². The number of nitrogens with one attached hydrogen (secondary N) is 1. The van der Waals surface area contributed by atoms with Gasteiger partial charge in [0.05, 0.1) is 5.75 Å². The molecule has 19 heteroatoms. The number of rotatable bonds is 8. The van der Waals surface area contributed by atoms with E-state index in [0.29, 0.717) is 0 Å². The molecule has 0 radical (unpaired) electrons. The molecule has 1 unspecified atom stereocenters. The lowest BCUT2D eigenvalue weighted by molar-refractivity contribution is -0.0377. The monoisotopic (exact) mass is 560 g/mol. The van der Waals surface area contributed by atoms with Gasteiger partial charge < -0.3 is 35.2 Å². The second-order valence-electron chi connectivity index (χ2n) is 8.39. The summed E-state index contributed by atoms with van der Waals surface area (Å²) in [5, 5.41) is 40.8. The summed E-state index contributed by atoms with van der Waals surface area (Å²) in [4.78, 5) is 26.4. The van der Waals surface area contributed by atoms with Crippen LogP contribution in [-0.4, -0.2) is 99.9 Å². The molecule has 1 saturated carbocycles. The molecule has 2 aromatic rings. The van der Waals surface area contributed by atoms with Crippen LogP contribution in [0.15, 0.2) is 0 Å². The van der Waals surface area contributed by atoms with Crippen LogP contribution >= 0.6 is 19.2 Å². The molecule has 3 heterocycles. The van der Waals surface area contributed by atoms with Crippen molar-refractivity contribution in [1.29, 1.82) is 0 Å². The molecule has 0 amide bonds. The van der Waals surface area contributed by atoms with Gasteiger partial charge in [-0.05, 0) is 24.4 Å². The number of nitrogens with zero attached hydrogens (tertiary/aromatic N) is 5. The fourth-order valence-corrected chi connectivity index (χ4v) is 7.31. The lowest BCUT2D eigenvalue weighted by Crippen LogP contribution is -2.44. The average molecular weight is 561 g/mol. The number of hydrogen-bond donors (Lipinski definition) is 6. The zero-order valence-electron chi connectivity index (χ0n) is 17.8. The van der Waals surface area contributed by atoms with Crippen molar-refractivity contribution in [3.05, 3.63) is 5.28 Å². The molecular formula is C16H23ClFN6O9PS. The third-order valence-corrected chi connectivity index (χ3v) is 10.6. The van der Waals surface area contributed by atoms with Gasteiger partial charge in [-0.3, -0.25) is 4.57 Å². The number of aliphatic hydroxyl groups is 3. The van der Waals surface area contributed by atoms with Gasteiger partial charge in [0.1, 0.15) is 24.9 Å². The molecule has 5 atom stereocenters. The summed E-state index contributed by atoms with van der Waals surface area (Å²) in [5.41, 5.74) is 0.142. The van der Waals surface area contributed by atoms with E-state index in [9.17, 15) is 27.6 Å². The molecule has 196 valence electrons. The van der Waals surface area contributed by atoms with Gasteiger partial charge in [0.15, 0.2) is 23.2 Å². The third-order valence-electron chi connectivity index (χ3n) is 6.06. The fraction of sp³-hybridized carbons (Fsp3) is 0.750. The summed E-state index contributed by atoms with van der Waals surface area (Å²) in [6.07, 6.45) is -3.30. The van der Waals surface area contributed by atoms with Gasteiger partial charge in [-0.2, -0.15) is 14.6 Å². The standard InChI is InChI=1S/C16H23ClFN6O9PS/c17-15-20-12(19-7-3-1-2-4-7)9-13(21-15)24(23-22-9)14-11(27)10(26)8(33-14)5-35(31,32)16(18,6-25)34(28,29)30/h7-8,10-11,14,25-27H,1-6H2,(H,19,20,21)(H2,28,29,30)/t8-,10-,11-,14-,16?/m1/s1. The molecular weight excluding hydrogens is 538 g/mol. The molecule has 15 nitrogen and oxygen atoms in total. The third kappa shape index (κ3) is 4.65.